The van der Waals surface area contributed by atoms with E-state index in [4.69, 9.17) is 0 Å². The molecular formula is C22H25IN2. The zero-order valence-electron chi connectivity index (χ0n) is 15.6. The van der Waals surface area contributed by atoms with Crippen molar-refractivity contribution in [1.82, 2.24) is 0 Å². The number of fused-ring (bicyclic) bond motifs is 1. The maximum absolute atomic E-state index is 4.66. The molecule has 1 heterocycles. The summed E-state index contributed by atoms with van der Waals surface area (Å²) in [7, 11) is 0. The third-order valence-electron chi connectivity index (χ3n) is 4.82. The Morgan fingerprint density at radius 2 is 1.88 bits per heavy atom. The van der Waals surface area contributed by atoms with Crippen LogP contribution in [0.3, 0.4) is 0 Å². The summed E-state index contributed by atoms with van der Waals surface area (Å²) in [5, 5.41) is 0. The summed E-state index contributed by atoms with van der Waals surface area (Å²) < 4.78 is 1.27. The lowest BCUT2D eigenvalue weighted by Crippen LogP contribution is -2.44. The number of nitrogens with zero attached hydrogens (tertiary/aromatic N) is 2. The minimum Gasteiger partial charge on any atom is -0.363 e. The van der Waals surface area contributed by atoms with Crippen molar-refractivity contribution in [3.8, 4) is 0 Å². The number of hydrogen-bond donors (Lipinski definition) is 0. The lowest BCUT2D eigenvalue weighted by atomic mass is 9.88. The molecule has 0 N–H and O–H groups in total. The van der Waals surface area contributed by atoms with Gasteiger partial charge in [-0.3, -0.25) is 4.99 Å². The van der Waals surface area contributed by atoms with Gasteiger partial charge < -0.3 is 4.90 Å². The van der Waals surface area contributed by atoms with Crippen molar-refractivity contribution in [3.05, 3.63) is 62.7 Å². The Kier molecular flexibility index (Phi) is 5.05. The first-order chi connectivity index (χ1) is 11.8. The zero-order chi connectivity index (χ0) is 18.2. The van der Waals surface area contributed by atoms with Crippen LogP contribution < -0.4 is 4.90 Å². The van der Waals surface area contributed by atoms with Gasteiger partial charge in [0, 0.05) is 27.6 Å². The maximum atomic E-state index is 4.66. The Bertz CT molecular complexity index is 862. The van der Waals surface area contributed by atoms with Crippen LogP contribution in [0, 0.1) is 10.5 Å². The molecule has 25 heavy (non-hydrogen) atoms. The summed E-state index contributed by atoms with van der Waals surface area (Å²) in [4.78, 5) is 7.12. The van der Waals surface area contributed by atoms with Crippen molar-refractivity contribution in [2.75, 3.05) is 11.4 Å². The molecule has 2 nitrogen and oxygen atoms in total. The second-order valence-corrected chi connectivity index (χ2v) is 8.36. The first-order valence-electron chi connectivity index (χ1n) is 8.73. The summed E-state index contributed by atoms with van der Waals surface area (Å²) in [6.07, 6.45) is 4.33. The van der Waals surface area contributed by atoms with Gasteiger partial charge in [0.1, 0.15) is 0 Å². The molecule has 1 aliphatic heterocycles. The van der Waals surface area contributed by atoms with Gasteiger partial charge in [-0.05, 0) is 104 Å². The van der Waals surface area contributed by atoms with Crippen LogP contribution in [0.1, 0.15) is 44.4 Å². The highest BCUT2D eigenvalue weighted by Crippen LogP contribution is 2.38. The van der Waals surface area contributed by atoms with E-state index in [9.17, 15) is 0 Å². The molecule has 1 aliphatic rings. The predicted octanol–water partition coefficient (Wildman–Crippen LogP) is 6.37. The fourth-order valence-corrected chi connectivity index (χ4v) is 3.95. The van der Waals surface area contributed by atoms with Crippen LogP contribution in [-0.4, -0.2) is 18.3 Å². The molecule has 3 heteroatoms. The summed E-state index contributed by atoms with van der Waals surface area (Å²) >= 11 is 2.35. The van der Waals surface area contributed by atoms with Gasteiger partial charge in [0.25, 0.3) is 0 Å². The fraction of sp³-hybridized carbons (Fsp3) is 0.318. The molecule has 2 aromatic rings. The average Bonchev–Trinajstić information content (AvgIpc) is 2.56. The minimum absolute atomic E-state index is 0.0557. The monoisotopic (exact) mass is 444 g/mol. The Hall–Kier alpha value is -1.62. The largest absolute Gasteiger partial charge is 0.363 e. The van der Waals surface area contributed by atoms with Crippen molar-refractivity contribution < 1.29 is 0 Å². The smallest absolute Gasteiger partial charge is 0.0633 e. The number of likely N-dealkylation sites (N-methyl/N-ethyl adjacent to an activating group) is 1. The van der Waals surface area contributed by atoms with Crippen LogP contribution in [0.2, 0.25) is 0 Å². The molecule has 0 spiro atoms. The van der Waals surface area contributed by atoms with Gasteiger partial charge in [0.15, 0.2) is 0 Å². The number of hydrogen-bond acceptors (Lipinski definition) is 2. The van der Waals surface area contributed by atoms with Gasteiger partial charge in [0.05, 0.1) is 11.2 Å². The molecule has 0 radical (unpaired) electrons. The standard InChI is InChI=1S/C22H25IN2/c1-6-25-21-10-7-17(12-19(21)16(3)13-22(25,4)5)14-24-18-8-9-20(23)15(2)11-18/h7-14H,6H2,1-5H3. The van der Waals surface area contributed by atoms with E-state index >= 15 is 0 Å². The molecule has 0 amide bonds. The molecule has 0 bridgehead atoms. The van der Waals surface area contributed by atoms with E-state index in [1.165, 1.54) is 26.0 Å². The van der Waals surface area contributed by atoms with Crippen LogP contribution in [0.5, 0.6) is 0 Å². The predicted molar refractivity (Wildman–Crippen MR) is 118 cm³/mol. The van der Waals surface area contributed by atoms with E-state index in [-0.39, 0.29) is 5.54 Å². The van der Waals surface area contributed by atoms with Crippen molar-refractivity contribution in [1.29, 1.82) is 0 Å². The molecule has 2 aromatic carbocycles. The summed E-state index contributed by atoms with van der Waals surface area (Å²) in [6.45, 7) is 12.1. The Balaban J connectivity index is 1.95. The molecule has 0 saturated carbocycles. The lowest BCUT2D eigenvalue weighted by Gasteiger charge is -2.42. The molecule has 0 aliphatic carbocycles. The Morgan fingerprint density at radius 3 is 2.56 bits per heavy atom. The first-order valence-corrected chi connectivity index (χ1v) is 9.81. The van der Waals surface area contributed by atoms with Gasteiger partial charge in [-0.25, -0.2) is 0 Å². The van der Waals surface area contributed by atoms with E-state index in [1.54, 1.807) is 0 Å². The van der Waals surface area contributed by atoms with Crippen LogP contribution in [-0.2, 0) is 0 Å². The molecule has 0 saturated heterocycles. The van der Waals surface area contributed by atoms with E-state index < -0.39 is 0 Å². The number of benzene rings is 2. The highest BCUT2D eigenvalue weighted by molar-refractivity contribution is 14.1. The van der Waals surface area contributed by atoms with Crippen molar-refractivity contribution in [3.63, 3.8) is 0 Å². The van der Waals surface area contributed by atoms with E-state index in [0.29, 0.717) is 0 Å². The van der Waals surface area contributed by atoms with Crippen LogP contribution >= 0.6 is 22.6 Å². The SMILES string of the molecule is CCN1c2ccc(C=Nc3ccc(I)c(C)c3)cc2C(C)=CC1(C)C. The molecule has 0 atom stereocenters. The second kappa shape index (κ2) is 6.94. The summed E-state index contributed by atoms with van der Waals surface area (Å²) in [5.41, 5.74) is 7.42. The van der Waals surface area contributed by atoms with E-state index in [0.717, 1.165) is 17.8 Å². The number of rotatable bonds is 3. The highest BCUT2D eigenvalue weighted by Gasteiger charge is 2.29. The molecule has 0 fully saturated rings. The normalized spacial score (nSPS) is 16.1. The molecule has 0 aromatic heterocycles. The van der Waals surface area contributed by atoms with Crippen LogP contribution in [0.4, 0.5) is 11.4 Å². The lowest BCUT2D eigenvalue weighted by molar-refractivity contribution is 0.566. The van der Waals surface area contributed by atoms with E-state index in [2.05, 4.69) is 110 Å². The highest BCUT2D eigenvalue weighted by atomic mass is 127. The maximum Gasteiger partial charge on any atom is 0.0633 e. The van der Waals surface area contributed by atoms with Crippen LogP contribution in [0.25, 0.3) is 5.57 Å². The number of aliphatic imine (C=N–C) groups is 1. The first kappa shape index (κ1) is 18.2. The van der Waals surface area contributed by atoms with E-state index in [1.807, 2.05) is 6.21 Å². The number of halogens is 1. The third kappa shape index (κ3) is 3.66. The minimum atomic E-state index is 0.0557. The van der Waals surface area contributed by atoms with Gasteiger partial charge in [-0.1, -0.05) is 12.1 Å². The van der Waals surface area contributed by atoms with Gasteiger partial charge in [-0.15, -0.1) is 0 Å². The molecular weight excluding hydrogens is 419 g/mol. The second-order valence-electron chi connectivity index (χ2n) is 7.19. The zero-order valence-corrected chi connectivity index (χ0v) is 17.8. The average molecular weight is 444 g/mol. The van der Waals surface area contributed by atoms with Gasteiger partial charge in [-0.2, -0.15) is 0 Å². The topological polar surface area (TPSA) is 15.6 Å². The number of allylic oxidation sites excluding steroid dienone is 1. The summed E-state index contributed by atoms with van der Waals surface area (Å²) in [5.74, 6) is 0. The molecule has 130 valence electrons. The molecule has 3 rings (SSSR count). The summed E-state index contributed by atoms with van der Waals surface area (Å²) in [6, 6.07) is 13.0. The molecule has 0 unspecified atom stereocenters. The third-order valence-corrected chi connectivity index (χ3v) is 6.03. The van der Waals surface area contributed by atoms with Gasteiger partial charge >= 0.3 is 0 Å². The van der Waals surface area contributed by atoms with Crippen LogP contribution in [0.15, 0.2) is 47.5 Å². The number of anilines is 1. The van der Waals surface area contributed by atoms with Crippen molar-refractivity contribution in [2.24, 2.45) is 4.99 Å². The van der Waals surface area contributed by atoms with Crippen molar-refractivity contribution in [2.45, 2.75) is 40.2 Å². The number of aryl methyl sites for hydroxylation is 1. The quantitative estimate of drug-likeness (QED) is 0.397. The van der Waals surface area contributed by atoms with Gasteiger partial charge in [0.2, 0.25) is 0 Å². The Morgan fingerprint density at radius 1 is 1.12 bits per heavy atom. The van der Waals surface area contributed by atoms with Crippen molar-refractivity contribution >= 4 is 45.8 Å². The Labute approximate surface area is 164 Å². The fourth-order valence-electron chi connectivity index (χ4n) is 3.62.